The predicted octanol–water partition coefficient (Wildman–Crippen LogP) is 4.02. The number of ether oxygens (including phenoxy) is 1. The van der Waals surface area contributed by atoms with Crippen LogP contribution in [0.2, 0.25) is 5.02 Å². The molecule has 0 unspecified atom stereocenters. The molecule has 76 valence electrons. The molecule has 0 amide bonds. The molecular formula is C13H11ClO. The molecule has 0 aliphatic rings. The van der Waals surface area contributed by atoms with Crippen molar-refractivity contribution in [1.82, 2.24) is 0 Å². The zero-order valence-electron chi connectivity index (χ0n) is 8.41. The van der Waals surface area contributed by atoms with Crippen LogP contribution in [0.1, 0.15) is 0 Å². The lowest BCUT2D eigenvalue weighted by atomic mass is 10.1. The van der Waals surface area contributed by atoms with Crippen LogP contribution in [0.4, 0.5) is 0 Å². The molecule has 2 aromatic rings. The Bertz CT molecular complexity index is 451. The second kappa shape index (κ2) is 4.37. The van der Waals surface area contributed by atoms with Gasteiger partial charge >= 0.3 is 0 Å². The maximum absolute atomic E-state index is 5.96. The van der Waals surface area contributed by atoms with Crippen molar-refractivity contribution in [2.24, 2.45) is 0 Å². The van der Waals surface area contributed by atoms with Gasteiger partial charge < -0.3 is 4.74 Å². The van der Waals surface area contributed by atoms with Crippen LogP contribution in [-0.4, -0.2) is 7.11 Å². The summed E-state index contributed by atoms with van der Waals surface area (Å²) in [5.74, 6) is 0.706. The molecule has 0 atom stereocenters. The van der Waals surface area contributed by atoms with Crippen molar-refractivity contribution in [3.05, 3.63) is 53.6 Å². The molecule has 0 heterocycles. The van der Waals surface area contributed by atoms with Crippen LogP contribution in [-0.2, 0) is 0 Å². The van der Waals surface area contributed by atoms with Gasteiger partial charge in [-0.05, 0) is 23.3 Å². The lowest BCUT2D eigenvalue weighted by Crippen LogP contribution is -1.85. The van der Waals surface area contributed by atoms with Gasteiger partial charge in [0.25, 0.3) is 0 Å². The summed E-state index contributed by atoms with van der Waals surface area (Å²) in [6, 6.07) is 15.9. The highest BCUT2D eigenvalue weighted by Crippen LogP contribution is 2.29. The molecule has 0 N–H and O–H groups in total. The van der Waals surface area contributed by atoms with E-state index in [9.17, 15) is 0 Å². The highest BCUT2D eigenvalue weighted by atomic mass is 35.5. The van der Waals surface area contributed by atoms with Crippen molar-refractivity contribution in [3.8, 4) is 16.9 Å². The highest BCUT2D eigenvalue weighted by molar-refractivity contribution is 6.32. The zero-order chi connectivity index (χ0) is 10.7. The van der Waals surface area contributed by atoms with Crippen LogP contribution >= 0.6 is 11.6 Å². The summed E-state index contributed by atoms with van der Waals surface area (Å²) >= 11 is 5.96. The largest absolute Gasteiger partial charge is 0.495 e. The van der Waals surface area contributed by atoms with Crippen LogP contribution in [0, 0.1) is 0 Å². The minimum Gasteiger partial charge on any atom is -0.495 e. The van der Waals surface area contributed by atoms with Gasteiger partial charge in [0, 0.05) is 0 Å². The summed E-state index contributed by atoms with van der Waals surface area (Å²) in [4.78, 5) is 0. The number of benzene rings is 2. The fourth-order valence-electron chi connectivity index (χ4n) is 1.47. The molecule has 0 spiro atoms. The average Bonchev–Trinajstić information content (AvgIpc) is 2.31. The van der Waals surface area contributed by atoms with Gasteiger partial charge in [-0.25, -0.2) is 0 Å². The Hall–Kier alpha value is -1.47. The third-order valence-corrected chi connectivity index (χ3v) is 2.57. The van der Waals surface area contributed by atoms with Gasteiger partial charge in [0.05, 0.1) is 12.1 Å². The Labute approximate surface area is 94.3 Å². The molecule has 0 aliphatic heterocycles. The van der Waals surface area contributed by atoms with Crippen molar-refractivity contribution >= 4 is 11.6 Å². The standard InChI is InChI=1S/C13H11ClO/c1-15-13-9-11(7-8-12(13)14)10-5-3-2-4-6-10/h2-9H,1H3. The third-order valence-electron chi connectivity index (χ3n) is 2.26. The fraction of sp³-hybridized carbons (Fsp3) is 0.0769. The summed E-state index contributed by atoms with van der Waals surface area (Å²) < 4.78 is 5.18. The van der Waals surface area contributed by atoms with Crippen LogP contribution in [0.5, 0.6) is 5.75 Å². The first-order valence-electron chi connectivity index (χ1n) is 4.70. The summed E-state index contributed by atoms with van der Waals surface area (Å²) in [5, 5.41) is 0.636. The summed E-state index contributed by atoms with van der Waals surface area (Å²) in [5.41, 5.74) is 2.27. The van der Waals surface area contributed by atoms with E-state index in [4.69, 9.17) is 16.3 Å². The smallest absolute Gasteiger partial charge is 0.138 e. The molecule has 0 radical (unpaired) electrons. The number of methoxy groups -OCH3 is 1. The van der Waals surface area contributed by atoms with Gasteiger partial charge in [0.1, 0.15) is 5.75 Å². The lowest BCUT2D eigenvalue weighted by Gasteiger charge is -2.06. The first-order valence-corrected chi connectivity index (χ1v) is 5.08. The molecule has 1 nitrogen and oxygen atoms in total. The Balaban J connectivity index is 2.46. The van der Waals surface area contributed by atoms with Gasteiger partial charge in [-0.1, -0.05) is 48.0 Å². The monoisotopic (exact) mass is 218 g/mol. The van der Waals surface area contributed by atoms with Gasteiger partial charge in [0.15, 0.2) is 0 Å². The summed E-state index contributed by atoms with van der Waals surface area (Å²) in [6.45, 7) is 0. The maximum atomic E-state index is 5.96. The second-order valence-electron chi connectivity index (χ2n) is 3.22. The van der Waals surface area contributed by atoms with Crippen molar-refractivity contribution in [1.29, 1.82) is 0 Å². The SMILES string of the molecule is COc1cc(-c2ccccc2)ccc1Cl. The van der Waals surface area contributed by atoms with E-state index in [2.05, 4.69) is 12.1 Å². The molecular weight excluding hydrogens is 208 g/mol. The van der Waals surface area contributed by atoms with Crippen LogP contribution in [0.3, 0.4) is 0 Å². The Kier molecular flexibility index (Phi) is 2.93. The Morgan fingerprint density at radius 3 is 2.33 bits per heavy atom. The van der Waals surface area contributed by atoms with Gasteiger partial charge in [-0.3, -0.25) is 0 Å². The third kappa shape index (κ3) is 2.13. The summed E-state index contributed by atoms with van der Waals surface area (Å²) in [6.07, 6.45) is 0. The van der Waals surface area contributed by atoms with E-state index < -0.39 is 0 Å². The minimum atomic E-state index is 0.636. The fourth-order valence-corrected chi connectivity index (χ4v) is 1.66. The van der Waals surface area contributed by atoms with E-state index in [1.165, 1.54) is 0 Å². The molecule has 0 bridgehead atoms. The topological polar surface area (TPSA) is 9.23 Å². The van der Waals surface area contributed by atoms with Crippen molar-refractivity contribution in [2.45, 2.75) is 0 Å². The second-order valence-corrected chi connectivity index (χ2v) is 3.62. The molecule has 2 rings (SSSR count). The first kappa shape index (κ1) is 10.1. The number of halogens is 1. The highest BCUT2D eigenvalue weighted by Gasteiger charge is 2.02. The van der Waals surface area contributed by atoms with Crippen molar-refractivity contribution in [2.75, 3.05) is 7.11 Å². The van der Waals surface area contributed by atoms with Crippen molar-refractivity contribution in [3.63, 3.8) is 0 Å². The molecule has 0 fully saturated rings. The van der Waals surface area contributed by atoms with Crippen molar-refractivity contribution < 1.29 is 4.74 Å². The van der Waals surface area contributed by atoms with E-state index in [1.54, 1.807) is 7.11 Å². The molecule has 0 saturated carbocycles. The molecule has 15 heavy (non-hydrogen) atoms. The summed E-state index contributed by atoms with van der Waals surface area (Å²) in [7, 11) is 1.62. The lowest BCUT2D eigenvalue weighted by molar-refractivity contribution is 0.415. The van der Waals surface area contributed by atoms with E-state index in [-0.39, 0.29) is 0 Å². The quantitative estimate of drug-likeness (QED) is 0.740. The van der Waals surface area contributed by atoms with Gasteiger partial charge in [0.2, 0.25) is 0 Å². The predicted molar refractivity (Wildman–Crippen MR) is 63.4 cm³/mol. The minimum absolute atomic E-state index is 0.636. The van der Waals surface area contributed by atoms with Gasteiger partial charge in [-0.15, -0.1) is 0 Å². The van der Waals surface area contributed by atoms with E-state index >= 15 is 0 Å². The van der Waals surface area contributed by atoms with E-state index in [0.717, 1.165) is 11.1 Å². The normalized spacial score (nSPS) is 10.0. The number of rotatable bonds is 2. The molecule has 0 aromatic heterocycles. The molecule has 2 heteroatoms. The van der Waals surface area contributed by atoms with Crippen LogP contribution in [0.15, 0.2) is 48.5 Å². The first-order chi connectivity index (χ1) is 7.31. The molecule has 0 aliphatic carbocycles. The van der Waals surface area contributed by atoms with E-state index in [1.807, 2.05) is 36.4 Å². The van der Waals surface area contributed by atoms with Gasteiger partial charge in [-0.2, -0.15) is 0 Å². The van der Waals surface area contributed by atoms with Crippen LogP contribution in [0.25, 0.3) is 11.1 Å². The maximum Gasteiger partial charge on any atom is 0.138 e. The van der Waals surface area contributed by atoms with E-state index in [0.29, 0.717) is 10.8 Å². The average molecular weight is 219 g/mol. The molecule has 0 saturated heterocycles. The Morgan fingerprint density at radius 2 is 1.67 bits per heavy atom. The number of hydrogen-bond acceptors (Lipinski definition) is 1. The van der Waals surface area contributed by atoms with Crippen LogP contribution < -0.4 is 4.74 Å². The Morgan fingerprint density at radius 1 is 0.933 bits per heavy atom. The molecule has 2 aromatic carbocycles. The zero-order valence-corrected chi connectivity index (χ0v) is 9.16. The number of hydrogen-bond donors (Lipinski definition) is 0.